The summed E-state index contributed by atoms with van der Waals surface area (Å²) in [6.45, 7) is 37.5. The molecule has 2 aliphatic rings. The Bertz CT molecular complexity index is 4300. The van der Waals surface area contributed by atoms with Crippen molar-refractivity contribution >= 4 is 101 Å². The average Bonchev–Trinajstić information content (AvgIpc) is 4.11. The topological polar surface area (TPSA) is 24.6 Å². The predicted octanol–water partition coefficient (Wildman–Crippen LogP) is 18.9. The fourth-order valence-electron chi connectivity index (χ4n) is 13.4. The number of nitrogens with zero attached hydrogens (tertiary/aromatic N) is 3. The predicted molar refractivity (Wildman–Crippen MR) is 341 cm³/mol. The van der Waals surface area contributed by atoms with Crippen LogP contribution in [-0.2, 0) is 21.7 Å². The molecule has 0 amide bonds. The number of hydrogen-bond donors (Lipinski definition) is 0. The highest BCUT2D eigenvalue weighted by molar-refractivity contribution is 7.00. The molecule has 2 aliphatic heterocycles. The minimum absolute atomic E-state index is 0.000585. The van der Waals surface area contributed by atoms with Gasteiger partial charge in [-0.3, -0.25) is 0 Å². The second-order valence-corrected chi connectivity index (χ2v) is 27.3. The first kappa shape index (κ1) is 50.7. The number of furan rings is 1. The first-order chi connectivity index (χ1) is 37.4. The van der Waals surface area contributed by atoms with Crippen molar-refractivity contribution in [3.8, 4) is 16.8 Å². The van der Waals surface area contributed by atoms with Gasteiger partial charge < -0.3 is 18.8 Å². The molecular formula is C74H74BN3O. The Balaban J connectivity index is 1.18. The number of rotatable bonds is 4. The summed E-state index contributed by atoms with van der Waals surface area (Å²) in [4.78, 5) is 5.37. The molecule has 0 atom stereocenters. The van der Waals surface area contributed by atoms with Crippen LogP contribution in [0.3, 0.4) is 0 Å². The van der Waals surface area contributed by atoms with Crippen LogP contribution in [-0.4, -0.2) is 11.3 Å². The summed E-state index contributed by atoms with van der Waals surface area (Å²) in [5.74, 6) is 0. The molecule has 0 saturated carbocycles. The van der Waals surface area contributed by atoms with Crippen molar-refractivity contribution in [3.63, 3.8) is 0 Å². The fourth-order valence-corrected chi connectivity index (χ4v) is 13.4. The monoisotopic (exact) mass is 1030 g/mol. The second-order valence-electron chi connectivity index (χ2n) is 27.3. The van der Waals surface area contributed by atoms with E-state index in [4.69, 9.17) is 4.42 Å². The van der Waals surface area contributed by atoms with Crippen LogP contribution in [0, 0.1) is 27.7 Å². The molecule has 0 fully saturated rings. The number of anilines is 6. The molecule has 11 aromatic rings. The Morgan fingerprint density at radius 2 is 0.886 bits per heavy atom. The molecular weight excluding hydrogens is 958 g/mol. The molecule has 0 unspecified atom stereocenters. The maximum Gasteiger partial charge on any atom is 0.252 e. The van der Waals surface area contributed by atoms with Crippen molar-refractivity contribution in [1.29, 1.82) is 0 Å². The standard InChI is InChI=1S/C74H74BN3O/c1-43-33-47(53-26-22-28-66-67(53)54-25-20-21-27-65(54)79-66)34-44(2)69(43)78-62-42-60-56(55-37-48(71(5,6)7)30-32-59(55)76(60)52-23-18-17-19-24-52)41-58(62)75-57-31-29-49(72(8,9)10)38-61(57)77(63-39-51(74(14,15)16)40-64(78)68(63)75)70-45(3)35-50(36-46(70)4)73(11,12)13/h17-42H,1-16H3. The van der Waals surface area contributed by atoms with E-state index < -0.39 is 0 Å². The van der Waals surface area contributed by atoms with E-state index in [9.17, 15) is 0 Å². The van der Waals surface area contributed by atoms with E-state index in [2.05, 4.69) is 283 Å². The highest BCUT2D eigenvalue weighted by atomic mass is 16.3. The van der Waals surface area contributed by atoms with Crippen molar-refractivity contribution in [2.45, 2.75) is 132 Å². The molecule has 0 spiro atoms. The van der Waals surface area contributed by atoms with Crippen molar-refractivity contribution in [3.05, 3.63) is 202 Å². The van der Waals surface area contributed by atoms with Crippen LogP contribution in [0.25, 0.3) is 60.6 Å². The Morgan fingerprint density at radius 1 is 0.380 bits per heavy atom. The van der Waals surface area contributed by atoms with E-state index in [1.165, 1.54) is 128 Å². The van der Waals surface area contributed by atoms with Gasteiger partial charge in [-0.1, -0.05) is 168 Å². The van der Waals surface area contributed by atoms with Gasteiger partial charge in [-0.15, -0.1) is 0 Å². The Hall–Kier alpha value is -7.76. The third-order valence-electron chi connectivity index (χ3n) is 17.6. The van der Waals surface area contributed by atoms with Gasteiger partial charge in [0, 0.05) is 50.0 Å². The van der Waals surface area contributed by atoms with Gasteiger partial charge in [0.1, 0.15) is 11.2 Å². The molecule has 9 aromatic carbocycles. The molecule has 0 saturated heterocycles. The maximum atomic E-state index is 6.48. The third-order valence-corrected chi connectivity index (χ3v) is 17.6. The number of hydrogen-bond acceptors (Lipinski definition) is 3. The SMILES string of the molecule is Cc1cc(C(C)(C)C)cc(C)c1N1c2cc(C(C)(C)C)ccc2B2c3cc4c5cc(C(C)(C)C)ccc5n(-c5ccccc5)c4cc3N(c3c(C)cc(-c4cccc5oc6ccccc6c45)cc3C)c3cc(C(C)(C)C)cc1c32. The lowest BCUT2D eigenvalue weighted by molar-refractivity contribution is 0.588. The summed E-state index contributed by atoms with van der Waals surface area (Å²) in [5, 5.41) is 4.84. The van der Waals surface area contributed by atoms with Gasteiger partial charge in [0.2, 0.25) is 0 Å². The largest absolute Gasteiger partial charge is 0.456 e. The summed E-state index contributed by atoms with van der Waals surface area (Å²) in [7, 11) is 0. The number of aromatic nitrogens is 1. The second kappa shape index (κ2) is 17.4. The lowest BCUT2D eigenvalue weighted by Gasteiger charge is -2.46. The van der Waals surface area contributed by atoms with E-state index >= 15 is 0 Å². The summed E-state index contributed by atoms with van der Waals surface area (Å²) >= 11 is 0. The minimum atomic E-state index is -0.180. The van der Waals surface area contributed by atoms with Gasteiger partial charge >= 0.3 is 0 Å². The summed E-state index contributed by atoms with van der Waals surface area (Å²) in [6.07, 6.45) is 0. The maximum absolute atomic E-state index is 6.48. The van der Waals surface area contributed by atoms with E-state index in [1.807, 2.05) is 0 Å². The smallest absolute Gasteiger partial charge is 0.252 e. The van der Waals surface area contributed by atoms with Gasteiger partial charge in [-0.2, -0.15) is 0 Å². The summed E-state index contributed by atoms with van der Waals surface area (Å²) < 4.78 is 8.99. The molecule has 5 heteroatoms. The van der Waals surface area contributed by atoms with Crippen LogP contribution in [0.2, 0.25) is 0 Å². The van der Waals surface area contributed by atoms with E-state index in [0.29, 0.717) is 0 Å². The van der Waals surface area contributed by atoms with Gasteiger partial charge in [-0.05, 0) is 194 Å². The molecule has 394 valence electrons. The Morgan fingerprint density at radius 3 is 1.51 bits per heavy atom. The fraction of sp³-hybridized carbons (Fsp3) is 0.270. The summed E-state index contributed by atoms with van der Waals surface area (Å²) in [6, 6.07) is 60.6. The molecule has 0 radical (unpaired) electrons. The van der Waals surface area contributed by atoms with Crippen LogP contribution in [0.5, 0.6) is 0 Å². The van der Waals surface area contributed by atoms with Crippen molar-refractivity contribution in [1.82, 2.24) is 4.57 Å². The molecule has 0 aliphatic carbocycles. The first-order valence-electron chi connectivity index (χ1n) is 28.6. The zero-order chi connectivity index (χ0) is 55.6. The van der Waals surface area contributed by atoms with Gasteiger partial charge in [0.25, 0.3) is 6.71 Å². The zero-order valence-corrected chi connectivity index (χ0v) is 49.3. The van der Waals surface area contributed by atoms with Gasteiger partial charge in [-0.25, -0.2) is 0 Å². The van der Waals surface area contributed by atoms with E-state index in [0.717, 1.165) is 27.6 Å². The molecule has 4 nitrogen and oxygen atoms in total. The minimum Gasteiger partial charge on any atom is -0.456 e. The van der Waals surface area contributed by atoms with Crippen LogP contribution in [0.15, 0.2) is 162 Å². The average molecular weight is 1030 g/mol. The van der Waals surface area contributed by atoms with Crippen molar-refractivity contribution in [2.24, 2.45) is 0 Å². The molecule has 13 rings (SSSR count). The third kappa shape index (κ3) is 7.92. The van der Waals surface area contributed by atoms with Crippen LogP contribution in [0.4, 0.5) is 34.1 Å². The lowest BCUT2D eigenvalue weighted by atomic mass is 9.33. The highest BCUT2D eigenvalue weighted by Crippen LogP contribution is 2.51. The normalized spacial score (nSPS) is 13.7. The number of para-hydroxylation sites is 2. The number of fused-ring (bicyclic) bond motifs is 10. The zero-order valence-electron chi connectivity index (χ0n) is 49.3. The van der Waals surface area contributed by atoms with Crippen LogP contribution >= 0.6 is 0 Å². The van der Waals surface area contributed by atoms with Gasteiger partial charge in [0.05, 0.1) is 22.4 Å². The molecule has 2 aromatic heterocycles. The molecule has 79 heavy (non-hydrogen) atoms. The van der Waals surface area contributed by atoms with Gasteiger partial charge in [0.15, 0.2) is 0 Å². The van der Waals surface area contributed by atoms with Crippen LogP contribution in [0.1, 0.15) is 128 Å². The van der Waals surface area contributed by atoms with E-state index in [1.54, 1.807) is 0 Å². The highest BCUT2D eigenvalue weighted by Gasteiger charge is 2.46. The van der Waals surface area contributed by atoms with Crippen molar-refractivity contribution < 1.29 is 4.42 Å². The Kier molecular flexibility index (Phi) is 11.2. The molecule has 0 bridgehead atoms. The van der Waals surface area contributed by atoms with E-state index in [-0.39, 0.29) is 28.4 Å². The van der Waals surface area contributed by atoms with Crippen LogP contribution < -0.4 is 26.2 Å². The molecule has 0 N–H and O–H groups in total. The first-order valence-corrected chi connectivity index (χ1v) is 28.6. The number of aryl methyl sites for hydroxylation is 4. The Labute approximate surface area is 468 Å². The van der Waals surface area contributed by atoms with Crippen molar-refractivity contribution in [2.75, 3.05) is 9.80 Å². The quantitative estimate of drug-likeness (QED) is 0.164. The molecule has 4 heterocycles. The summed E-state index contributed by atoms with van der Waals surface area (Å²) in [5.41, 5.74) is 29.2. The number of benzene rings is 9. The lowest BCUT2D eigenvalue weighted by Crippen LogP contribution is -2.61.